The number of amides is 1. The van der Waals surface area contributed by atoms with Crippen molar-refractivity contribution in [2.75, 3.05) is 18.0 Å². The summed E-state index contributed by atoms with van der Waals surface area (Å²) in [7, 11) is 0. The van der Waals surface area contributed by atoms with Crippen LogP contribution in [0.4, 0.5) is 5.82 Å². The number of pyridine rings is 1. The van der Waals surface area contributed by atoms with Gasteiger partial charge in [0.05, 0.1) is 11.3 Å². The van der Waals surface area contributed by atoms with Crippen LogP contribution in [0.2, 0.25) is 0 Å². The number of aromatic nitrogens is 1. The molecule has 0 saturated carbocycles. The molecule has 3 aliphatic heterocycles. The molecule has 3 aliphatic rings. The Bertz CT molecular complexity index is 1300. The Morgan fingerprint density at radius 3 is 2.51 bits per heavy atom. The van der Waals surface area contributed by atoms with Crippen molar-refractivity contribution < 1.29 is 9.90 Å². The fourth-order valence-corrected chi connectivity index (χ4v) is 6.48. The van der Waals surface area contributed by atoms with Crippen molar-refractivity contribution in [1.82, 2.24) is 15.6 Å². The quantitative estimate of drug-likeness (QED) is 0.411. The average Bonchev–Trinajstić information content (AvgIpc) is 2.80. The first kappa shape index (κ1) is 29.2. The van der Waals surface area contributed by atoms with Crippen molar-refractivity contribution >= 4 is 28.6 Å². The highest BCUT2D eigenvalue weighted by Gasteiger charge is 2.35. The van der Waals surface area contributed by atoms with Gasteiger partial charge in [0, 0.05) is 47.9 Å². The van der Waals surface area contributed by atoms with Gasteiger partial charge in [0.2, 0.25) is 0 Å². The van der Waals surface area contributed by atoms with E-state index in [1.807, 2.05) is 19.9 Å². The van der Waals surface area contributed by atoms with E-state index in [0.717, 1.165) is 70.9 Å². The Kier molecular flexibility index (Phi) is 7.99. The van der Waals surface area contributed by atoms with Gasteiger partial charge in [-0.2, -0.15) is 0 Å². The van der Waals surface area contributed by atoms with Crippen molar-refractivity contribution in [2.24, 2.45) is 4.99 Å². The van der Waals surface area contributed by atoms with Gasteiger partial charge in [-0.05, 0) is 104 Å². The fourth-order valence-electron chi connectivity index (χ4n) is 6.48. The highest BCUT2D eigenvalue weighted by Crippen LogP contribution is 2.41. The van der Waals surface area contributed by atoms with Gasteiger partial charge in [0.15, 0.2) is 6.23 Å². The molecule has 1 unspecified atom stereocenters. The van der Waals surface area contributed by atoms with Crippen LogP contribution in [0, 0.1) is 0 Å². The first-order valence-corrected chi connectivity index (χ1v) is 14.3. The highest BCUT2D eigenvalue weighted by atomic mass is 16.3. The number of dihydropyridines is 1. The molecule has 4 rings (SSSR count). The number of carbonyl (C=O) groups excluding carboxylic acids is 1. The second-order valence-electron chi connectivity index (χ2n) is 13.0. The molecular formula is C32H47N5O2. The lowest BCUT2D eigenvalue weighted by Gasteiger charge is -2.42. The zero-order valence-corrected chi connectivity index (χ0v) is 25.5. The van der Waals surface area contributed by atoms with E-state index in [2.05, 4.69) is 82.0 Å². The summed E-state index contributed by atoms with van der Waals surface area (Å²) >= 11 is 0. The number of anilines is 1. The number of aliphatic imine (C=N–C) groups is 1. The molecule has 0 saturated heterocycles. The van der Waals surface area contributed by atoms with E-state index in [0.29, 0.717) is 5.56 Å². The summed E-state index contributed by atoms with van der Waals surface area (Å²) in [6.07, 6.45) is 3.80. The Balaban J connectivity index is 1.84. The topological polar surface area (TPSA) is 89.8 Å². The Morgan fingerprint density at radius 2 is 1.92 bits per heavy atom. The van der Waals surface area contributed by atoms with Gasteiger partial charge in [0.25, 0.3) is 5.91 Å². The summed E-state index contributed by atoms with van der Waals surface area (Å²) in [6, 6.07) is 2.22. The third kappa shape index (κ3) is 6.04. The lowest BCUT2D eigenvalue weighted by atomic mass is 9.81. The summed E-state index contributed by atoms with van der Waals surface area (Å²) in [5.41, 5.74) is 8.48. The van der Waals surface area contributed by atoms with Gasteiger partial charge in [-0.3, -0.25) is 9.79 Å². The van der Waals surface area contributed by atoms with Gasteiger partial charge in [-0.15, -0.1) is 0 Å². The van der Waals surface area contributed by atoms with Gasteiger partial charge in [0.1, 0.15) is 5.82 Å². The van der Waals surface area contributed by atoms with E-state index in [-0.39, 0.29) is 29.6 Å². The molecule has 39 heavy (non-hydrogen) atoms. The van der Waals surface area contributed by atoms with Crippen LogP contribution in [0.15, 0.2) is 33.9 Å². The molecule has 7 heteroatoms. The molecule has 1 amide bonds. The van der Waals surface area contributed by atoms with E-state index < -0.39 is 6.23 Å². The first-order chi connectivity index (χ1) is 18.1. The van der Waals surface area contributed by atoms with Crippen LogP contribution in [0.5, 0.6) is 0 Å². The van der Waals surface area contributed by atoms with Gasteiger partial charge in [-0.25, -0.2) is 4.98 Å². The molecule has 7 nitrogen and oxygen atoms in total. The first-order valence-electron chi connectivity index (χ1n) is 14.3. The second kappa shape index (κ2) is 10.7. The summed E-state index contributed by atoms with van der Waals surface area (Å²) in [6.45, 7) is 22.5. The van der Waals surface area contributed by atoms with Crippen LogP contribution in [-0.2, 0) is 0 Å². The molecule has 4 heterocycles. The molecule has 3 N–H and O–H groups in total. The van der Waals surface area contributed by atoms with Crippen LogP contribution in [-0.4, -0.2) is 58.1 Å². The third-order valence-corrected chi connectivity index (χ3v) is 8.15. The summed E-state index contributed by atoms with van der Waals surface area (Å²) in [4.78, 5) is 25.9. The minimum Gasteiger partial charge on any atom is -0.368 e. The lowest BCUT2D eigenvalue weighted by molar-refractivity contribution is 0.0953. The predicted molar refractivity (Wildman–Crippen MR) is 162 cm³/mol. The van der Waals surface area contributed by atoms with Crippen LogP contribution in [0.25, 0.3) is 11.1 Å². The molecule has 0 aliphatic carbocycles. The Labute approximate surface area is 234 Å². The monoisotopic (exact) mass is 533 g/mol. The molecule has 0 fully saturated rings. The van der Waals surface area contributed by atoms with Gasteiger partial charge < -0.3 is 20.6 Å². The predicted octanol–water partition coefficient (Wildman–Crippen LogP) is 5.66. The number of nitrogens with zero attached hydrogens (tertiary/aromatic N) is 3. The molecule has 212 valence electrons. The maximum absolute atomic E-state index is 14.0. The molecule has 0 bridgehead atoms. The number of fused-ring (bicyclic) bond motifs is 1. The van der Waals surface area contributed by atoms with Crippen LogP contribution >= 0.6 is 0 Å². The highest BCUT2D eigenvalue weighted by molar-refractivity contribution is 6.03. The van der Waals surface area contributed by atoms with Crippen molar-refractivity contribution in [3.05, 3.63) is 45.7 Å². The van der Waals surface area contributed by atoms with Crippen LogP contribution in [0.3, 0.4) is 0 Å². The fraction of sp³-hybridized carbons (Fsp3) is 0.594. The zero-order valence-electron chi connectivity index (χ0n) is 25.5. The van der Waals surface area contributed by atoms with Crippen molar-refractivity contribution in [3.8, 4) is 0 Å². The Morgan fingerprint density at radius 1 is 1.23 bits per heavy atom. The Hall–Kier alpha value is -2.77. The molecule has 0 aromatic carbocycles. The van der Waals surface area contributed by atoms with E-state index in [9.17, 15) is 9.90 Å². The zero-order chi connectivity index (χ0) is 28.9. The maximum atomic E-state index is 14.0. The molecule has 1 atom stereocenters. The summed E-state index contributed by atoms with van der Waals surface area (Å²) < 4.78 is 0. The molecular weight excluding hydrogens is 486 g/mol. The smallest absolute Gasteiger partial charge is 0.252 e. The normalized spacial score (nSPS) is 22.6. The minimum absolute atomic E-state index is 0.101. The van der Waals surface area contributed by atoms with E-state index >= 15 is 0 Å². The number of hydrogen-bond donors (Lipinski definition) is 3. The third-order valence-electron chi connectivity index (χ3n) is 8.15. The largest absolute Gasteiger partial charge is 0.368 e. The van der Waals surface area contributed by atoms with Gasteiger partial charge in [-0.1, -0.05) is 18.6 Å². The van der Waals surface area contributed by atoms with E-state index in [1.165, 1.54) is 5.57 Å². The number of hydrogen-bond acceptors (Lipinski definition) is 6. The SMILES string of the molecule is CCC1=C(C)c2c(C(=O)NCC3=C(C)CC(C)=NC3O)cc(C3=CC(C)(C)NC(C)(C)C3)nc2N(C(C)C)C1. The number of allylic oxidation sites excluding steroid dienone is 2. The number of aliphatic hydroxyl groups is 1. The minimum atomic E-state index is -0.907. The number of nitrogens with one attached hydrogen (secondary N) is 2. The average molecular weight is 534 g/mol. The molecule has 0 spiro atoms. The molecule has 1 aromatic rings. The summed E-state index contributed by atoms with van der Waals surface area (Å²) in [5.74, 6) is 0.729. The van der Waals surface area contributed by atoms with Crippen LogP contribution < -0.4 is 15.5 Å². The second-order valence-corrected chi connectivity index (χ2v) is 13.0. The molecule has 0 radical (unpaired) electrons. The standard InChI is InChI=1S/C32H47N5O2/c1-11-22-17-37(18(2)3)28-27(21(22)6)24(29(38)33-16-25-19(4)12-20(5)34-30(25)39)13-26(35-28)23-14-31(7,8)36-32(9,10)15-23/h13-14,18,30,36,39H,11-12,15-17H2,1-10H3,(H,33,38). The van der Waals surface area contributed by atoms with E-state index in [4.69, 9.17) is 4.98 Å². The molecule has 1 aromatic heterocycles. The number of carbonyl (C=O) groups is 1. The van der Waals surface area contributed by atoms with Crippen molar-refractivity contribution in [1.29, 1.82) is 0 Å². The van der Waals surface area contributed by atoms with Crippen molar-refractivity contribution in [2.45, 2.75) is 112 Å². The number of aliphatic hydroxyl groups excluding tert-OH is 1. The van der Waals surface area contributed by atoms with Crippen molar-refractivity contribution in [3.63, 3.8) is 0 Å². The van der Waals surface area contributed by atoms with E-state index in [1.54, 1.807) is 0 Å². The van der Waals surface area contributed by atoms with Crippen LogP contribution in [0.1, 0.15) is 110 Å². The lowest BCUT2D eigenvalue weighted by Crippen LogP contribution is -2.53. The summed E-state index contributed by atoms with van der Waals surface area (Å²) in [5, 5.41) is 17.4. The number of rotatable bonds is 6. The maximum Gasteiger partial charge on any atom is 0.252 e. The van der Waals surface area contributed by atoms with Gasteiger partial charge >= 0.3 is 0 Å².